The third kappa shape index (κ3) is 5.71. The Labute approximate surface area is 299 Å². The monoisotopic (exact) mass is 706 g/mol. The number of carbonyl (C=O) groups excluding carboxylic acids is 4. The van der Waals surface area contributed by atoms with Crippen molar-refractivity contribution in [1.29, 1.82) is 0 Å². The molecular weight excluding hydrogens is 652 g/mol. The molecule has 2 aromatic heterocycles. The average molecular weight is 707 g/mol. The highest BCUT2D eigenvalue weighted by Crippen LogP contribution is 2.68. The largest absolute Gasteiger partial charge is 0.445 e. The zero-order valence-electron chi connectivity index (χ0n) is 30.6. The van der Waals surface area contributed by atoms with Crippen molar-refractivity contribution in [3.8, 4) is 0 Å². The van der Waals surface area contributed by atoms with Gasteiger partial charge in [0, 0.05) is 55.9 Å². The number of aromatic nitrogens is 4. The normalized spacial score (nSPS) is 37.2. The van der Waals surface area contributed by atoms with Gasteiger partial charge < -0.3 is 25.4 Å². The number of ketones is 1. The number of rotatable bonds is 4. The molecule has 4 heterocycles. The van der Waals surface area contributed by atoms with Gasteiger partial charge >= 0.3 is 12.1 Å². The van der Waals surface area contributed by atoms with Crippen LogP contribution in [0, 0.1) is 39.9 Å². The van der Waals surface area contributed by atoms with Gasteiger partial charge in [-0.2, -0.15) is 0 Å². The number of anilines is 1. The number of fused-ring (bicyclic) bond motifs is 1. The molecule has 3 saturated carbocycles. The van der Waals surface area contributed by atoms with E-state index >= 15 is 0 Å². The molecule has 0 radical (unpaired) electrons. The minimum Gasteiger partial charge on any atom is -0.445 e. The molecule has 2 saturated heterocycles. The molecule has 0 spiro atoms. The molecule has 5 fully saturated rings. The van der Waals surface area contributed by atoms with E-state index in [0.717, 1.165) is 32.2 Å². The quantitative estimate of drug-likeness (QED) is 0.419. The smallest absolute Gasteiger partial charge is 0.414 e. The molecule has 14 heteroatoms. The lowest BCUT2D eigenvalue weighted by atomic mass is 9.43. The fourth-order valence-electron chi connectivity index (χ4n) is 10.7. The standard InChI is InChI=1S/C37H54N8O6/c1-6-35(4)17-26(36(5)21(2)7-12-37(22(3)29(35)47)13-8-25(46)28(36)37)51-33(49)42-32(48)23-9-14-43(15-10-23)34(50)45-20-41-27-30(39-19-40-31(27)45)44-16-11-24(38)18-44/h19-24,26,28-29,47H,6-18,38H2,1-5H3,(H,42,48,49)/t21?,22?,24?,26?,28?,29-,35+,36?,37?/m0/s1. The second-order valence-corrected chi connectivity index (χ2v) is 16.8. The molecule has 3 aliphatic carbocycles. The molecule has 7 rings (SSSR count). The Morgan fingerprint density at radius 3 is 2.49 bits per heavy atom. The fraction of sp³-hybridized carbons (Fsp3) is 0.757. The van der Waals surface area contributed by atoms with Gasteiger partial charge in [-0.1, -0.05) is 34.6 Å². The number of hydrogen-bond acceptors (Lipinski definition) is 11. The minimum atomic E-state index is -0.820. The molecule has 9 atom stereocenters. The van der Waals surface area contributed by atoms with E-state index in [1.165, 1.54) is 17.2 Å². The van der Waals surface area contributed by atoms with Crippen LogP contribution < -0.4 is 16.0 Å². The van der Waals surface area contributed by atoms with Crippen LogP contribution in [0.3, 0.4) is 0 Å². The number of nitrogens with two attached hydrogens (primary N) is 1. The van der Waals surface area contributed by atoms with E-state index in [4.69, 9.17) is 10.5 Å². The van der Waals surface area contributed by atoms with E-state index < -0.39 is 41.0 Å². The van der Waals surface area contributed by atoms with Gasteiger partial charge in [-0.25, -0.2) is 29.1 Å². The summed E-state index contributed by atoms with van der Waals surface area (Å²) >= 11 is 0. The van der Waals surface area contributed by atoms with Crippen LogP contribution in [0.15, 0.2) is 12.7 Å². The van der Waals surface area contributed by atoms with Crippen LogP contribution in [0.25, 0.3) is 11.2 Å². The second-order valence-electron chi connectivity index (χ2n) is 16.8. The fourth-order valence-corrected chi connectivity index (χ4v) is 10.7. The first-order chi connectivity index (χ1) is 24.2. The number of nitrogens with zero attached hydrogens (tertiary/aromatic N) is 6. The lowest BCUT2D eigenvalue weighted by Gasteiger charge is -2.62. The maximum absolute atomic E-state index is 13.7. The summed E-state index contributed by atoms with van der Waals surface area (Å²) in [5, 5.41) is 14.3. The zero-order valence-corrected chi connectivity index (χ0v) is 30.6. The molecule has 3 amide bonds. The number of likely N-dealkylation sites (tertiary alicyclic amines) is 1. The predicted molar refractivity (Wildman–Crippen MR) is 188 cm³/mol. The van der Waals surface area contributed by atoms with Crippen molar-refractivity contribution in [3.63, 3.8) is 0 Å². The van der Waals surface area contributed by atoms with Gasteiger partial charge in [0.25, 0.3) is 0 Å². The summed E-state index contributed by atoms with van der Waals surface area (Å²) in [6.07, 6.45) is 6.43. The van der Waals surface area contributed by atoms with Crippen molar-refractivity contribution < 1.29 is 29.0 Å². The molecule has 51 heavy (non-hydrogen) atoms. The SMILES string of the molecule is CC[C@]1(C)CC(OC(=O)NC(=O)C2CCN(C(=O)n3cnc4c(N5CCC(N)C5)ncnc43)CC2)C2(C)C(C)CCC3(CCC(=O)C32)C(C)[C@@H]1O. The van der Waals surface area contributed by atoms with E-state index in [1.807, 2.05) is 0 Å². The van der Waals surface area contributed by atoms with Crippen molar-refractivity contribution in [1.82, 2.24) is 29.7 Å². The van der Waals surface area contributed by atoms with Gasteiger partial charge in [0.15, 0.2) is 17.0 Å². The Kier molecular flexibility index (Phi) is 9.17. The second kappa shape index (κ2) is 13.1. The Balaban J connectivity index is 1.02. The first-order valence-electron chi connectivity index (χ1n) is 18.9. The molecule has 2 bridgehead atoms. The molecule has 278 valence electrons. The highest BCUT2D eigenvalue weighted by atomic mass is 16.6. The van der Waals surface area contributed by atoms with Crippen LogP contribution in [0.5, 0.6) is 0 Å². The van der Waals surface area contributed by atoms with E-state index in [9.17, 15) is 24.3 Å². The molecule has 5 aliphatic rings. The number of hydrogen-bond donors (Lipinski definition) is 3. The van der Waals surface area contributed by atoms with Crippen molar-refractivity contribution in [3.05, 3.63) is 12.7 Å². The van der Waals surface area contributed by atoms with Crippen molar-refractivity contribution in [2.75, 3.05) is 31.1 Å². The number of imidazole rings is 1. The minimum absolute atomic E-state index is 0.0621. The Hall–Kier alpha value is -3.65. The Morgan fingerprint density at radius 2 is 1.80 bits per heavy atom. The Bertz CT molecular complexity index is 1710. The number of aliphatic hydroxyl groups excluding tert-OH is 1. The Morgan fingerprint density at radius 1 is 1.06 bits per heavy atom. The number of aliphatic hydroxyl groups is 1. The van der Waals surface area contributed by atoms with Crippen molar-refractivity contribution in [2.24, 2.45) is 45.7 Å². The first-order valence-corrected chi connectivity index (χ1v) is 18.9. The number of alkyl carbamates (subject to hydrolysis) is 1. The number of amides is 3. The van der Waals surface area contributed by atoms with E-state index in [2.05, 4.69) is 59.8 Å². The molecule has 0 aromatic carbocycles. The van der Waals surface area contributed by atoms with Crippen LogP contribution in [0.4, 0.5) is 15.4 Å². The zero-order chi connectivity index (χ0) is 36.5. The maximum Gasteiger partial charge on any atom is 0.414 e. The lowest BCUT2D eigenvalue weighted by Crippen LogP contribution is -2.63. The van der Waals surface area contributed by atoms with Crippen LogP contribution >= 0.6 is 0 Å². The van der Waals surface area contributed by atoms with Gasteiger partial charge in [0.05, 0.1) is 6.10 Å². The highest BCUT2D eigenvalue weighted by Gasteiger charge is 2.68. The summed E-state index contributed by atoms with van der Waals surface area (Å²) in [6, 6.07) is -0.224. The maximum atomic E-state index is 13.7. The summed E-state index contributed by atoms with van der Waals surface area (Å²) in [5.41, 5.74) is 5.55. The summed E-state index contributed by atoms with van der Waals surface area (Å²) < 4.78 is 7.67. The molecular formula is C37H54N8O6. The van der Waals surface area contributed by atoms with Gasteiger partial charge in [-0.3, -0.25) is 14.9 Å². The molecule has 2 aromatic rings. The van der Waals surface area contributed by atoms with Gasteiger partial charge in [-0.15, -0.1) is 0 Å². The van der Waals surface area contributed by atoms with E-state index in [0.29, 0.717) is 68.7 Å². The lowest BCUT2D eigenvalue weighted by molar-refractivity contribution is -0.198. The van der Waals surface area contributed by atoms with Crippen LogP contribution in [-0.2, 0) is 14.3 Å². The number of ether oxygens (including phenoxy) is 1. The summed E-state index contributed by atoms with van der Waals surface area (Å²) in [7, 11) is 0. The number of piperidine rings is 1. The molecule has 14 nitrogen and oxygen atoms in total. The number of nitrogens with one attached hydrogen (secondary N) is 1. The molecule has 2 aliphatic heterocycles. The summed E-state index contributed by atoms with van der Waals surface area (Å²) in [4.78, 5) is 71.3. The van der Waals surface area contributed by atoms with Crippen LogP contribution in [0.1, 0.15) is 92.4 Å². The van der Waals surface area contributed by atoms with Gasteiger partial charge in [0.1, 0.15) is 24.5 Å². The van der Waals surface area contributed by atoms with E-state index in [-0.39, 0.29) is 41.0 Å². The highest BCUT2D eigenvalue weighted by molar-refractivity contribution is 5.94. The number of Topliss-reactive ketones (excluding diaryl/α,β-unsaturated/α-hetero) is 1. The average Bonchev–Trinajstić information content (AvgIpc) is 3.85. The van der Waals surface area contributed by atoms with Crippen LogP contribution in [0.2, 0.25) is 0 Å². The van der Waals surface area contributed by atoms with Gasteiger partial charge in [-0.05, 0) is 74.0 Å². The van der Waals surface area contributed by atoms with Crippen molar-refractivity contribution in [2.45, 2.75) is 111 Å². The third-order valence-electron chi connectivity index (χ3n) is 14.4. The summed E-state index contributed by atoms with van der Waals surface area (Å²) in [6.45, 7) is 12.5. The van der Waals surface area contributed by atoms with Crippen molar-refractivity contribution >= 4 is 40.8 Å². The topological polar surface area (TPSA) is 186 Å². The van der Waals surface area contributed by atoms with Gasteiger partial charge in [0.2, 0.25) is 5.91 Å². The molecule has 4 N–H and O–H groups in total. The van der Waals surface area contributed by atoms with Crippen LogP contribution in [-0.4, -0.2) is 97.8 Å². The predicted octanol–water partition coefficient (Wildman–Crippen LogP) is 3.88. The summed E-state index contributed by atoms with van der Waals surface area (Å²) in [5.74, 6) is -0.335. The number of carbonyl (C=O) groups is 4. The third-order valence-corrected chi connectivity index (χ3v) is 14.4. The number of imide groups is 1. The van der Waals surface area contributed by atoms with E-state index in [1.54, 1.807) is 4.90 Å². The first kappa shape index (κ1) is 35.7. The molecule has 7 unspecified atom stereocenters.